The van der Waals surface area contributed by atoms with Gasteiger partial charge in [0, 0.05) is 31.1 Å². The van der Waals surface area contributed by atoms with Crippen LogP contribution in [0.5, 0.6) is 0 Å². The minimum absolute atomic E-state index is 0.357. The highest BCUT2D eigenvalue weighted by atomic mass is 127. The second kappa shape index (κ2) is 9.19. The van der Waals surface area contributed by atoms with E-state index in [1.165, 1.54) is 0 Å². The standard InChI is InChI=1S/C21H24IN5O2/c1-29-15-9-7-14(8-10-15)25-21-24-11-16-18(26-21)17(22)12-23-19(16)27-20(28)13-5-3-2-4-6-13/h2-6,11-12,14-15,20,28H,7-10H2,1H3,(H,23,27)(H,24,25,26)/t14-,15-,20?. The number of rotatable bonds is 6. The normalized spacial score (nSPS) is 20.4. The molecule has 1 aliphatic carbocycles. The van der Waals surface area contributed by atoms with Gasteiger partial charge in [-0.1, -0.05) is 30.3 Å². The SMILES string of the molecule is CO[C@H]1CC[C@H](Nc2ncc3c(NC(O)c4ccccc4)ncc(I)c3n2)CC1. The lowest BCUT2D eigenvalue weighted by Gasteiger charge is -2.28. The molecule has 4 rings (SSSR count). The number of benzene rings is 1. The van der Waals surface area contributed by atoms with Crippen LogP contribution < -0.4 is 10.6 Å². The van der Waals surface area contributed by atoms with E-state index in [9.17, 15) is 5.11 Å². The number of methoxy groups -OCH3 is 1. The molecular weight excluding hydrogens is 481 g/mol. The molecule has 3 N–H and O–H groups in total. The van der Waals surface area contributed by atoms with Crippen LogP contribution >= 0.6 is 22.6 Å². The number of aliphatic hydroxyl groups excluding tert-OH is 1. The van der Waals surface area contributed by atoms with Crippen LogP contribution in [0.3, 0.4) is 0 Å². The molecule has 0 amide bonds. The van der Waals surface area contributed by atoms with Gasteiger partial charge in [0.15, 0.2) is 6.23 Å². The number of nitrogens with zero attached hydrogens (tertiary/aromatic N) is 3. The summed E-state index contributed by atoms with van der Waals surface area (Å²) in [5.41, 5.74) is 1.58. The predicted molar refractivity (Wildman–Crippen MR) is 122 cm³/mol. The Kier molecular flexibility index (Phi) is 6.41. The predicted octanol–water partition coefficient (Wildman–Crippen LogP) is 4.10. The Morgan fingerprint density at radius 2 is 1.86 bits per heavy atom. The van der Waals surface area contributed by atoms with E-state index in [1.54, 1.807) is 19.5 Å². The Morgan fingerprint density at radius 3 is 2.59 bits per heavy atom. The zero-order chi connectivity index (χ0) is 20.2. The van der Waals surface area contributed by atoms with E-state index < -0.39 is 6.23 Å². The van der Waals surface area contributed by atoms with Crippen molar-refractivity contribution < 1.29 is 9.84 Å². The molecule has 8 heteroatoms. The molecule has 0 spiro atoms. The molecule has 1 unspecified atom stereocenters. The Morgan fingerprint density at radius 1 is 1.10 bits per heavy atom. The summed E-state index contributed by atoms with van der Waals surface area (Å²) in [5, 5.41) is 17.8. The number of pyridine rings is 1. The van der Waals surface area contributed by atoms with Crippen molar-refractivity contribution in [3.8, 4) is 0 Å². The molecule has 0 radical (unpaired) electrons. The first-order valence-corrected chi connectivity index (χ1v) is 10.8. The van der Waals surface area contributed by atoms with E-state index in [4.69, 9.17) is 9.72 Å². The lowest BCUT2D eigenvalue weighted by Crippen LogP contribution is -2.29. The Labute approximate surface area is 183 Å². The largest absolute Gasteiger partial charge is 0.381 e. The summed E-state index contributed by atoms with van der Waals surface area (Å²) in [4.78, 5) is 13.7. The lowest BCUT2D eigenvalue weighted by molar-refractivity contribution is 0.0681. The number of hydrogen-bond donors (Lipinski definition) is 3. The third kappa shape index (κ3) is 4.76. The van der Waals surface area contributed by atoms with Crippen molar-refractivity contribution in [3.05, 3.63) is 51.9 Å². The molecule has 0 saturated heterocycles. The number of fused-ring (bicyclic) bond motifs is 1. The molecular formula is C21H24IN5O2. The van der Waals surface area contributed by atoms with E-state index in [0.29, 0.717) is 23.9 Å². The minimum atomic E-state index is -0.860. The summed E-state index contributed by atoms with van der Waals surface area (Å²) in [6.45, 7) is 0. The van der Waals surface area contributed by atoms with Gasteiger partial charge in [-0.15, -0.1) is 0 Å². The van der Waals surface area contributed by atoms with Crippen LogP contribution in [0.25, 0.3) is 10.9 Å². The summed E-state index contributed by atoms with van der Waals surface area (Å²) in [5.74, 6) is 1.18. The average Bonchev–Trinajstić information content (AvgIpc) is 2.77. The number of nitrogens with one attached hydrogen (secondary N) is 2. The van der Waals surface area contributed by atoms with Crippen molar-refractivity contribution in [1.82, 2.24) is 15.0 Å². The van der Waals surface area contributed by atoms with Crippen molar-refractivity contribution >= 4 is 45.3 Å². The maximum atomic E-state index is 10.5. The zero-order valence-corrected chi connectivity index (χ0v) is 18.3. The van der Waals surface area contributed by atoms with Crippen molar-refractivity contribution in [2.24, 2.45) is 0 Å². The van der Waals surface area contributed by atoms with Crippen molar-refractivity contribution in [2.45, 2.75) is 44.1 Å². The molecule has 2 heterocycles. The Bertz CT molecular complexity index is 964. The van der Waals surface area contributed by atoms with Gasteiger partial charge in [0.2, 0.25) is 5.95 Å². The van der Waals surface area contributed by atoms with Gasteiger partial charge in [-0.05, 0) is 48.3 Å². The summed E-state index contributed by atoms with van der Waals surface area (Å²) in [6.07, 6.45) is 7.21. The van der Waals surface area contributed by atoms with Crippen LogP contribution in [0.15, 0.2) is 42.7 Å². The van der Waals surface area contributed by atoms with Gasteiger partial charge in [0.25, 0.3) is 0 Å². The fourth-order valence-corrected chi connectivity index (χ4v) is 4.20. The van der Waals surface area contributed by atoms with E-state index in [0.717, 1.165) is 45.7 Å². The second-order valence-corrected chi connectivity index (χ2v) is 8.38. The maximum Gasteiger partial charge on any atom is 0.223 e. The van der Waals surface area contributed by atoms with E-state index in [2.05, 4.69) is 43.2 Å². The number of aromatic nitrogens is 3. The fourth-order valence-electron chi connectivity index (χ4n) is 3.65. The molecule has 3 aromatic rings. The molecule has 1 aliphatic rings. The Hall–Kier alpha value is -2.04. The van der Waals surface area contributed by atoms with Crippen LogP contribution in [0.4, 0.5) is 11.8 Å². The second-order valence-electron chi connectivity index (χ2n) is 7.22. The average molecular weight is 505 g/mol. The third-order valence-corrected chi connectivity index (χ3v) is 6.10. The quantitative estimate of drug-likeness (QED) is 0.343. The zero-order valence-electron chi connectivity index (χ0n) is 16.2. The van der Waals surface area contributed by atoms with Gasteiger partial charge in [0.05, 0.1) is 20.6 Å². The number of halogens is 1. The molecule has 1 atom stereocenters. The van der Waals surface area contributed by atoms with Gasteiger partial charge in [0.1, 0.15) is 5.82 Å². The highest BCUT2D eigenvalue weighted by Gasteiger charge is 2.21. The number of aliphatic hydroxyl groups is 1. The van der Waals surface area contributed by atoms with Crippen LogP contribution in [0, 0.1) is 3.57 Å². The third-order valence-electron chi connectivity index (χ3n) is 5.31. The first-order valence-electron chi connectivity index (χ1n) is 9.74. The first kappa shape index (κ1) is 20.2. The summed E-state index contributed by atoms with van der Waals surface area (Å²) in [6, 6.07) is 9.78. The summed E-state index contributed by atoms with van der Waals surface area (Å²) < 4.78 is 6.38. The molecule has 0 bridgehead atoms. The van der Waals surface area contributed by atoms with E-state index >= 15 is 0 Å². The molecule has 2 aromatic heterocycles. The fraction of sp³-hybridized carbons (Fsp3) is 0.381. The smallest absolute Gasteiger partial charge is 0.223 e. The Balaban J connectivity index is 1.53. The molecule has 0 aliphatic heterocycles. The first-order chi connectivity index (χ1) is 14.1. The molecule has 1 aromatic carbocycles. The monoisotopic (exact) mass is 505 g/mol. The summed E-state index contributed by atoms with van der Waals surface area (Å²) >= 11 is 2.23. The van der Waals surface area contributed by atoms with Crippen LogP contribution in [0.1, 0.15) is 37.5 Å². The summed E-state index contributed by atoms with van der Waals surface area (Å²) in [7, 11) is 1.78. The molecule has 7 nitrogen and oxygen atoms in total. The lowest BCUT2D eigenvalue weighted by atomic mass is 9.93. The van der Waals surface area contributed by atoms with E-state index in [-0.39, 0.29) is 0 Å². The van der Waals surface area contributed by atoms with Crippen molar-refractivity contribution in [3.63, 3.8) is 0 Å². The topological polar surface area (TPSA) is 92.2 Å². The minimum Gasteiger partial charge on any atom is -0.381 e. The van der Waals surface area contributed by atoms with Gasteiger partial charge in [-0.3, -0.25) is 0 Å². The number of hydrogen-bond acceptors (Lipinski definition) is 7. The number of ether oxygens (including phenoxy) is 1. The molecule has 29 heavy (non-hydrogen) atoms. The maximum absolute atomic E-state index is 10.5. The highest BCUT2D eigenvalue weighted by Crippen LogP contribution is 2.28. The van der Waals surface area contributed by atoms with Crippen molar-refractivity contribution in [2.75, 3.05) is 17.7 Å². The molecule has 1 saturated carbocycles. The van der Waals surface area contributed by atoms with Crippen molar-refractivity contribution in [1.29, 1.82) is 0 Å². The van der Waals surface area contributed by atoms with Crippen LogP contribution in [0.2, 0.25) is 0 Å². The van der Waals surface area contributed by atoms with Gasteiger partial charge < -0.3 is 20.5 Å². The number of anilines is 2. The van der Waals surface area contributed by atoms with Gasteiger partial charge in [-0.25, -0.2) is 15.0 Å². The van der Waals surface area contributed by atoms with Gasteiger partial charge in [-0.2, -0.15) is 0 Å². The van der Waals surface area contributed by atoms with E-state index in [1.807, 2.05) is 30.3 Å². The van der Waals surface area contributed by atoms with Crippen LogP contribution in [-0.2, 0) is 4.74 Å². The molecule has 152 valence electrons. The highest BCUT2D eigenvalue weighted by molar-refractivity contribution is 14.1. The van der Waals surface area contributed by atoms with Crippen LogP contribution in [-0.4, -0.2) is 39.3 Å². The molecule has 1 fully saturated rings. The van der Waals surface area contributed by atoms with Gasteiger partial charge >= 0.3 is 0 Å².